The van der Waals surface area contributed by atoms with Gasteiger partial charge in [-0.25, -0.2) is 13.1 Å². The molecule has 2 atom stereocenters. The maximum Gasteiger partial charge on any atom is 0.321 e. The molecule has 112 valence electrons. The van der Waals surface area contributed by atoms with Gasteiger partial charge in [-0.1, -0.05) is 19.8 Å². The van der Waals surface area contributed by atoms with Crippen LogP contribution in [0.15, 0.2) is 0 Å². The van der Waals surface area contributed by atoms with Crippen LogP contribution < -0.4 is 4.72 Å². The first-order chi connectivity index (χ1) is 8.80. The number of nitrogens with one attached hydrogen (secondary N) is 1. The monoisotopic (exact) mass is 293 g/mol. The zero-order chi connectivity index (χ0) is 14.5. The van der Waals surface area contributed by atoms with E-state index in [0.29, 0.717) is 6.61 Å². The minimum atomic E-state index is -3.58. The van der Waals surface area contributed by atoms with Gasteiger partial charge in [0.05, 0.1) is 18.5 Å². The van der Waals surface area contributed by atoms with Crippen molar-refractivity contribution >= 4 is 16.0 Å². The standard InChI is InChI=1S/C12H23NO5S/c1-9(7-18-11-5-3-4-6-11)8-19(16,17)13-10(2)12(14)15/h9-11,13H,3-8H2,1-2H3,(H,14,15)/t9?,10-/m1/s1. The Kier molecular flexibility index (Phi) is 6.22. The SMILES string of the molecule is CC(COC1CCCC1)CS(=O)(=O)N[C@H](C)C(=O)O. The summed E-state index contributed by atoms with van der Waals surface area (Å²) in [5, 5.41) is 8.67. The molecular weight excluding hydrogens is 270 g/mol. The van der Waals surface area contributed by atoms with E-state index in [-0.39, 0.29) is 17.8 Å². The Morgan fingerprint density at radius 2 is 1.95 bits per heavy atom. The Morgan fingerprint density at radius 1 is 1.37 bits per heavy atom. The Balaban J connectivity index is 2.33. The van der Waals surface area contributed by atoms with E-state index < -0.39 is 22.0 Å². The van der Waals surface area contributed by atoms with Gasteiger partial charge >= 0.3 is 5.97 Å². The molecule has 0 aliphatic heterocycles. The number of sulfonamides is 1. The lowest BCUT2D eigenvalue weighted by Gasteiger charge is -2.17. The third-order valence-corrected chi connectivity index (χ3v) is 4.87. The molecule has 0 amide bonds. The van der Waals surface area contributed by atoms with E-state index in [2.05, 4.69) is 4.72 Å². The lowest BCUT2D eigenvalue weighted by Crippen LogP contribution is -2.41. The number of carboxylic acid groups (broad SMARTS) is 1. The maximum atomic E-state index is 11.7. The molecule has 1 fully saturated rings. The summed E-state index contributed by atoms with van der Waals surface area (Å²) in [7, 11) is -3.58. The van der Waals surface area contributed by atoms with Gasteiger partial charge in [-0.2, -0.15) is 0 Å². The summed E-state index contributed by atoms with van der Waals surface area (Å²) in [5.41, 5.74) is 0. The van der Waals surface area contributed by atoms with Gasteiger partial charge in [-0.3, -0.25) is 4.79 Å². The average molecular weight is 293 g/mol. The van der Waals surface area contributed by atoms with Crippen LogP contribution in [0, 0.1) is 5.92 Å². The number of aliphatic carboxylic acids is 1. The van der Waals surface area contributed by atoms with Gasteiger partial charge < -0.3 is 9.84 Å². The molecule has 1 unspecified atom stereocenters. The third kappa shape index (κ3) is 6.35. The van der Waals surface area contributed by atoms with Crippen LogP contribution in [0.1, 0.15) is 39.5 Å². The minimum absolute atomic E-state index is 0.114. The quantitative estimate of drug-likeness (QED) is 0.695. The van der Waals surface area contributed by atoms with Crippen LogP contribution in [0.4, 0.5) is 0 Å². The minimum Gasteiger partial charge on any atom is -0.480 e. The number of carbonyl (C=O) groups is 1. The summed E-state index contributed by atoms with van der Waals surface area (Å²) in [6.07, 6.45) is 4.71. The molecule has 1 aliphatic rings. The van der Waals surface area contributed by atoms with Crippen LogP contribution in [0.2, 0.25) is 0 Å². The van der Waals surface area contributed by atoms with E-state index in [0.717, 1.165) is 12.8 Å². The molecule has 19 heavy (non-hydrogen) atoms. The Labute approximate surface area is 114 Å². The molecule has 0 aromatic heterocycles. The number of ether oxygens (including phenoxy) is 1. The van der Waals surface area contributed by atoms with Gasteiger partial charge in [0, 0.05) is 0 Å². The first-order valence-corrected chi connectivity index (χ1v) is 8.30. The fourth-order valence-electron chi connectivity index (χ4n) is 2.15. The summed E-state index contributed by atoms with van der Waals surface area (Å²) < 4.78 is 31.2. The number of hydrogen-bond donors (Lipinski definition) is 2. The second-order valence-electron chi connectivity index (χ2n) is 5.30. The van der Waals surface area contributed by atoms with Crippen molar-refractivity contribution in [2.45, 2.75) is 51.7 Å². The smallest absolute Gasteiger partial charge is 0.321 e. The van der Waals surface area contributed by atoms with Gasteiger partial charge in [0.1, 0.15) is 6.04 Å². The second kappa shape index (κ2) is 7.21. The van der Waals surface area contributed by atoms with Crippen molar-refractivity contribution in [1.82, 2.24) is 4.72 Å². The molecular formula is C12H23NO5S. The summed E-state index contributed by atoms with van der Waals surface area (Å²) in [4.78, 5) is 10.6. The summed E-state index contributed by atoms with van der Waals surface area (Å²) >= 11 is 0. The predicted molar refractivity (Wildman–Crippen MR) is 71.4 cm³/mol. The Hall–Kier alpha value is -0.660. The van der Waals surface area contributed by atoms with Gasteiger partial charge in [0.15, 0.2) is 0 Å². The molecule has 0 spiro atoms. The van der Waals surface area contributed by atoms with Gasteiger partial charge in [-0.05, 0) is 25.7 Å². The van der Waals surface area contributed by atoms with Gasteiger partial charge in [0.25, 0.3) is 0 Å². The molecule has 1 rings (SSSR count). The molecule has 2 N–H and O–H groups in total. The topological polar surface area (TPSA) is 92.7 Å². The Bertz CT molecular complexity index is 389. The van der Waals surface area contributed by atoms with Gasteiger partial charge in [-0.15, -0.1) is 0 Å². The van der Waals surface area contributed by atoms with E-state index in [9.17, 15) is 13.2 Å². The van der Waals surface area contributed by atoms with Crippen molar-refractivity contribution in [3.8, 4) is 0 Å². The molecule has 6 nitrogen and oxygen atoms in total. The summed E-state index contributed by atoms with van der Waals surface area (Å²) in [5.74, 6) is -1.45. The molecule has 0 saturated heterocycles. The molecule has 7 heteroatoms. The zero-order valence-electron chi connectivity index (χ0n) is 11.5. The number of hydrogen-bond acceptors (Lipinski definition) is 4. The first-order valence-electron chi connectivity index (χ1n) is 6.64. The molecule has 1 saturated carbocycles. The predicted octanol–water partition coefficient (Wildman–Crippen LogP) is 0.974. The first kappa shape index (κ1) is 16.4. The number of carboxylic acids is 1. The highest BCUT2D eigenvalue weighted by atomic mass is 32.2. The van der Waals surface area contributed by atoms with E-state index in [1.807, 2.05) is 0 Å². The third-order valence-electron chi connectivity index (χ3n) is 3.15. The van der Waals surface area contributed by atoms with Crippen molar-refractivity contribution in [2.24, 2.45) is 5.92 Å². The van der Waals surface area contributed by atoms with Crippen LogP contribution in [0.3, 0.4) is 0 Å². The van der Waals surface area contributed by atoms with Crippen LogP contribution >= 0.6 is 0 Å². The highest BCUT2D eigenvalue weighted by molar-refractivity contribution is 7.89. The average Bonchev–Trinajstić information content (AvgIpc) is 2.77. The van der Waals surface area contributed by atoms with E-state index in [4.69, 9.17) is 9.84 Å². The lowest BCUT2D eigenvalue weighted by molar-refractivity contribution is -0.138. The molecule has 0 aromatic carbocycles. The van der Waals surface area contributed by atoms with Crippen LogP contribution in [0.25, 0.3) is 0 Å². The van der Waals surface area contributed by atoms with Crippen molar-refractivity contribution in [3.63, 3.8) is 0 Å². The molecule has 0 radical (unpaired) electrons. The Morgan fingerprint density at radius 3 is 2.47 bits per heavy atom. The molecule has 0 heterocycles. The fourth-order valence-corrected chi connectivity index (χ4v) is 3.73. The van der Waals surface area contributed by atoms with Crippen molar-refractivity contribution in [2.75, 3.05) is 12.4 Å². The molecule has 0 bridgehead atoms. The normalized spacial score (nSPS) is 20.3. The fraction of sp³-hybridized carbons (Fsp3) is 0.917. The number of rotatable bonds is 8. The summed E-state index contributed by atoms with van der Waals surface area (Å²) in [6, 6.07) is -1.10. The van der Waals surface area contributed by atoms with E-state index in [1.54, 1.807) is 6.92 Å². The maximum absolute atomic E-state index is 11.7. The zero-order valence-corrected chi connectivity index (χ0v) is 12.3. The largest absolute Gasteiger partial charge is 0.480 e. The highest BCUT2D eigenvalue weighted by Crippen LogP contribution is 2.21. The van der Waals surface area contributed by atoms with Crippen molar-refractivity contribution in [1.29, 1.82) is 0 Å². The van der Waals surface area contributed by atoms with Crippen molar-refractivity contribution in [3.05, 3.63) is 0 Å². The van der Waals surface area contributed by atoms with E-state index in [1.165, 1.54) is 19.8 Å². The van der Waals surface area contributed by atoms with Crippen molar-refractivity contribution < 1.29 is 23.1 Å². The lowest BCUT2D eigenvalue weighted by atomic mass is 10.2. The van der Waals surface area contributed by atoms with Crippen LogP contribution in [-0.2, 0) is 19.6 Å². The van der Waals surface area contributed by atoms with Crippen LogP contribution in [0.5, 0.6) is 0 Å². The summed E-state index contributed by atoms with van der Waals surface area (Å²) in [6.45, 7) is 3.49. The van der Waals surface area contributed by atoms with E-state index >= 15 is 0 Å². The molecule has 0 aromatic rings. The highest BCUT2D eigenvalue weighted by Gasteiger charge is 2.23. The molecule has 1 aliphatic carbocycles. The van der Waals surface area contributed by atoms with Crippen LogP contribution in [-0.4, -0.2) is 44.0 Å². The second-order valence-corrected chi connectivity index (χ2v) is 7.10. The van der Waals surface area contributed by atoms with Gasteiger partial charge in [0.2, 0.25) is 10.0 Å².